The molecule has 2 aromatic heterocycles. The molecular formula is C10H12N6OS. The Morgan fingerprint density at radius 3 is 3.06 bits per heavy atom. The number of aromatic amines is 1. The molecule has 8 heteroatoms. The maximum absolute atomic E-state index is 10.6. The number of hydrogen-bond donors (Lipinski definition) is 3. The Kier molecular flexibility index (Phi) is 3.68. The zero-order valence-corrected chi connectivity index (χ0v) is 10.3. The molecule has 2 rings (SSSR count). The molecule has 0 aliphatic rings. The number of carbonyl (C=O) groups is 1. The van der Waals surface area contributed by atoms with E-state index >= 15 is 0 Å². The van der Waals surface area contributed by atoms with Gasteiger partial charge in [0.1, 0.15) is 5.69 Å². The minimum Gasteiger partial charge on any atom is -0.352 e. The van der Waals surface area contributed by atoms with Gasteiger partial charge in [0, 0.05) is 19.3 Å². The van der Waals surface area contributed by atoms with E-state index in [9.17, 15) is 4.79 Å². The molecule has 0 atom stereocenters. The lowest BCUT2D eigenvalue weighted by molar-refractivity contribution is 0.248. The molecule has 0 saturated heterocycles. The summed E-state index contributed by atoms with van der Waals surface area (Å²) in [6.07, 6.45) is 1.68. The van der Waals surface area contributed by atoms with Gasteiger partial charge in [-0.25, -0.2) is 4.79 Å². The summed E-state index contributed by atoms with van der Waals surface area (Å²) in [6.45, 7) is 0.854. The van der Waals surface area contributed by atoms with E-state index in [0.29, 0.717) is 29.4 Å². The van der Waals surface area contributed by atoms with Crippen molar-refractivity contribution in [3.63, 3.8) is 0 Å². The number of urea groups is 1. The Labute approximate surface area is 108 Å². The molecule has 0 bridgehead atoms. The fourth-order valence-electron chi connectivity index (χ4n) is 1.51. The number of H-pyrrole nitrogens is 1. The summed E-state index contributed by atoms with van der Waals surface area (Å²) >= 11 is 5.13. The monoisotopic (exact) mass is 264 g/mol. The predicted molar refractivity (Wildman–Crippen MR) is 68.2 cm³/mol. The second-order valence-electron chi connectivity index (χ2n) is 3.51. The summed E-state index contributed by atoms with van der Waals surface area (Å²) in [5.41, 5.74) is 5.71. The first-order valence-corrected chi connectivity index (χ1v) is 5.69. The zero-order valence-electron chi connectivity index (χ0n) is 9.46. The normalized spacial score (nSPS) is 10.2. The van der Waals surface area contributed by atoms with Crippen LogP contribution < -0.4 is 11.1 Å². The molecule has 0 spiro atoms. The number of amides is 2. The van der Waals surface area contributed by atoms with Crippen molar-refractivity contribution in [2.24, 2.45) is 5.73 Å². The van der Waals surface area contributed by atoms with E-state index in [-0.39, 0.29) is 0 Å². The van der Waals surface area contributed by atoms with E-state index < -0.39 is 6.03 Å². The van der Waals surface area contributed by atoms with E-state index in [0.717, 1.165) is 0 Å². The Hall–Kier alpha value is -2.22. The van der Waals surface area contributed by atoms with Crippen LogP contribution in [0.3, 0.4) is 0 Å². The minimum atomic E-state index is -0.565. The van der Waals surface area contributed by atoms with Crippen LogP contribution >= 0.6 is 12.2 Å². The molecule has 0 saturated carbocycles. The highest BCUT2D eigenvalue weighted by Gasteiger charge is 2.09. The van der Waals surface area contributed by atoms with E-state index in [2.05, 4.69) is 20.5 Å². The molecule has 7 nitrogen and oxygen atoms in total. The zero-order chi connectivity index (χ0) is 13.0. The van der Waals surface area contributed by atoms with Crippen molar-refractivity contribution >= 4 is 18.2 Å². The maximum atomic E-state index is 10.6. The Balaban J connectivity index is 2.22. The summed E-state index contributed by atoms with van der Waals surface area (Å²) in [7, 11) is 0. The fraction of sp³-hybridized carbons (Fsp3) is 0.200. The standard InChI is InChI=1S/C10H12N6OS/c11-9(17)13-5-6-16-8(14-15-10(16)18)7-3-1-2-4-12-7/h1-4H,5-6H2,(H,15,18)(H3,11,13,17). The van der Waals surface area contributed by atoms with Crippen LogP contribution in [-0.4, -0.2) is 32.3 Å². The van der Waals surface area contributed by atoms with Crippen molar-refractivity contribution in [1.29, 1.82) is 0 Å². The molecule has 94 valence electrons. The van der Waals surface area contributed by atoms with Crippen LogP contribution in [0.1, 0.15) is 0 Å². The number of pyridine rings is 1. The number of nitrogens with one attached hydrogen (secondary N) is 2. The average molecular weight is 264 g/mol. The topological polar surface area (TPSA) is 102 Å². The highest BCUT2D eigenvalue weighted by molar-refractivity contribution is 7.71. The second kappa shape index (κ2) is 5.41. The van der Waals surface area contributed by atoms with Gasteiger partial charge in [0.05, 0.1) is 0 Å². The van der Waals surface area contributed by atoms with Gasteiger partial charge in [-0.1, -0.05) is 6.07 Å². The third-order valence-corrected chi connectivity index (χ3v) is 2.60. The van der Waals surface area contributed by atoms with Gasteiger partial charge in [0.2, 0.25) is 0 Å². The molecule has 2 heterocycles. The lowest BCUT2D eigenvalue weighted by Crippen LogP contribution is -2.32. The lowest BCUT2D eigenvalue weighted by atomic mass is 10.3. The van der Waals surface area contributed by atoms with E-state index in [1.54, 1.807) is 10.8 Å². The molecule has 18 heavy (non-hydrogen) atoms. The summed E-state index contributed by atoms with van der Waals surface area (Å²) < 4.78 is 2.23. The maximum Gasteiger partial charge on any atom is 0.312 e. The summed E-state index contributed by atoms with van der Waals surface area (Å²) in [5.74, 6) is 0.631. The quantitative estimate of drug-likeness (QED) is 0.706. The van der Waals surface area contributed by atoms with Crippen LogP contribution in [-0.2, 0) is 6.54 Å². The number of nitrogens with zero attached hydrogens (tertiary/aromatic N) is 3. The van der Waals surface area contributed by atoms with Crippen molar-refractivity contribution in [3.8, 4) is 11.5 Å². The molecule has 4 N–H and O–H groups in total. The first-order chi connectivity index (χ1) is 8.68. The molecule has 0 unspecified atom stereocenters. The highest BCUT2D eigenvalue weighted by Crippen LogP contribution is 2.13. The number of rotatable bonds is 4. The summed E-state index contributed by atoms with van der Waals surface area (Å²) in [5, 5.41) is 9.33. The molecule has 0 fully saturated rings. The van der Waals surface area contributed by atoms with Crippen LogP contribution in [0.2, 0.25) is 0 Å². The second-order valence-corrected chi connectivity index (χ2v) is 3.90. The van der Waals surface area contributed by atoms with Gasteiger partial charge >= 0.3 is 6.03 Å². The van der Waals surface area contributed by atoms with Gasteiger partial charge in [-0.15, -0.1) is 0 Å². The highest BCUT2D eigenvalue weighted by atomic mass is 32.1. The number of hydrogen-bond acceptors (Lipinski definition) is 4. The van der Waals surface area contributed by atoms with Crippen molar-refractivity contribution in [2.75, 3.05) is 6.54 Å². The molecule has 0 radical (unpaired) electrons. The molecule has 2 aromatic rings. The third kappa shape index (κ3) is 2.72. The van der Waals surface area contributed by atoms with E-state index in [4.69, 9.17) is 18.0 Å². The average Bonchev–Trinajstić information content (AvgIpc) is 2.72. The summed E-state index contributed by atoms with van der Waals surface area (Å²) in [6, 6.07) is 4.96. The van der Waals surface area contributed by atoms with Crippen LogP contribution in [0.15, 0.2) is 24.4 Å². The van der Waals surface area contributed by atoms with Gasteiger partial charge in [-0.2, -0.15) is 5.10 Å². The van der Waals surface area contributed by atoms with Crippen molar-refractivity contribution < 1.29 is 4.79 Å². The van der Waals surface area contributed by atoms with Gasteiger partial charge in [-0.3, -0.25) is 14.6 Å². The SMILES string of the molecule is NC(=O)NCCn1c(-c2ccccn2)n[nH]c1=S. The van der Waals surface area contributed by atoms with Crippen molar-refractivity contribution in [3.05, 3.63) is 29.2 Å². The van der Waals surface area contributed by atoms with E-state index in [1.165, 1.54) is 0 Å². The van der Waals surface area contributed by atoms with E-state index in [1.807, 2.05) is 18.2 Å². The first-order valence-electron chi connectivity index (χ1n) is 5.28. The lowest BCUT2D eigenvalue weighted by Gasteiger charge is -2.06. The largest absolute Gasteiger partial charge is 0.352 e. The Bertz CT molecular complexity index is 590. The predicted octanol–water partition coefficient (Wildman–Crippen LogP) is 0.671. The number of aromatic nitrogens is 4. The van der Waals surface area contributed by atoms with Crippen molar-refractivity contribution in [2.45, 2.75) is 6.54 Å². The van der Waals surface area contributed by atoms with Gasteiger partial charge < -0.3 is 11.1 Å². The molecular weight excluding hydrogens is 252 g/mol. The van der Waals surface area contributed by atoms with Crippen LogP contribution in [0.5, 0.6) is 0 Å². The molecule has 2 amide bonds. The molecule has 0 aliphatic carbocycles. The third-order valence-electron chi connectivity index (χ3n) is 2.29. The van der Waals surface area contributed by atoms with Crippen LogP contribution in [0.25, 0.3) is 11.5 Å². The van der Waals surface area contributed by atoms with Gasteiger partial charge in [0.25, 0.3) is 0 Å². The van der Waals surface area contributed by atoms with Gasteiger partial charge in [-0.05, 0) is 24.4 Å². The van der Waals surface area contributed by atoms with Crippen LogP contribution in [0.4, 0.5) is 4.79 Å². The Morgan fingerprint density at radius 2 is 2.39 bits per heavy atom. The molecule has 0 aliphatic heterocycles. The fourth-order valence-corrected chi connectivity index (χ4v) is 1.73. The van der Waals surface area contributed by atoms with Crippen LogP contribution in [0, 0.1) is 4.77 Å². The summed E-state index contributed by atoms with van der Waals surface area (Å²) in [4.78, 5) is 14.8. The van der Waals surface area contributed by atoms with Crippen molar-refractivity contribution in [1.82, 2.24) is 25.1 Å². The smallest absolute Gasteiger partial charge is 0.312 e. The van der Waals surface area contributed by atoms with Gasteiger partial charge in [0.15, 0.2) is 10.6 Å². The number of primary amides is 1. The minimum absolute atomic E-state index is 0.378. The number of carbonyl (C=O) groups excluding carboxylic acids is 1. The number of nitrogens with two attached hydrogens (primary N) is 1. The Morgan fingerprint density at radius 1 is 1.56 bits per heavy atom. The molecule has 0 aromatic carbocycles. The first kappa shape index (κ1) is 12.2.